The fraction of sp³-hybridized carbons (Fsp3) is 0.308. The summed E-state index contributed by atoms with van der Waals surface area (Å²) in [7, 11) is 0. The van der Waals surface area contributed by atoms with Crippen molar-refractivity contribution in [2.45, 2.75) is 18.9 Å². The van der Waals surface area contributed by atoms with Crippen molar-refractivity contribution in [1.29, 1.82) is 5.26 Å². The van der Waals surface area contributed by atoms with E-state index in [2.05, 4.69) is 5.32 Å². The van der Waals surface area contributed by atoms with Crippen LogP contribution >= 0.6 is 0 Å². The Kier molecular flexibility index (Phi) is 3.84. The van der Waals surface area contributed by atoms with Crippen molar-refractivity contribution in [3.8, 4) is 6.07 Å². The molecule has 6 nitrogen and oxygen atoms in total. The largest absolute Gasteiger partial charge is 0.480 e. The number of carbonyl (C=O) groups excluding carboxylic acids is 1. The second-order valence-corrected chi connectivity index (χ2v) is 4.39. The Morgan fingerprint density at radius 2 is 2.25 bits per heavy atom. The van der Waals surface area contributed by atoms with Crippen LogP contribution in [0.4, 0.5) is 14.9 Å². The van der Waals surface area contributed by atoms with E-state index in [1.165, 1.54) is 17.0 Å². The molecule has 0 bridgehead atoms. The molecule has 2 amide bonds. The van der Waals surface area contributed by atoms with Gasteiger partial charge in [0.15, 0.2) is 0 Å². The number of urea groups is 1. The molecule has 2 N–H and O–H groups in total. The first kappa shape index (κ1) is 13.8. The van der Waals surface area contributed by atoms with Gasteiger partial charge in [0.1, 0.15) is 23.5 Å². The maximum Gasteiger partial charge on any atom is 0.326 e. The van der Waals surface area contributed by atoms with Crippen LogP contribution < -0.4 is 5.32 Å². The first-order valence-electron chi connectivity index (χ1n) is 6.03. The highest BCUT2D eigenvalue weighted by molar-refractivity contribution is 5.93. The normalized spacial score (nSPS) is 17.6. The molecule has 1 heterocycles. The van der Waals surface area contributed by atoms with E-state index in [0.717, 1.165) is 6.07 Å². The van der Waals surface area contributed by atoms with E-state index in [-0.39, 0.29) is 11.3 Å². The molecule has 2 rings (SSSR count). The number of halogens is 1. The van der Waals surface area contributed by atoms with E-state index in [1.807, 2.05) is 0 Å². The van der Waals surface area contributed by atoms with Gasteiger partial charge in [0.05, 0.1) is 5.69 Å². The van der Waals surface area contributed by atoms with Crippen molar-refractivity contribution >= 4 is 17.7 Å². The number of aliphatic carboxylic acids is 1. The van der Waals surface area contributed by atoms with E-state index < -0.39 is 23.9 Å². The third-order valence-electron chi connectivity index (χ3n) is 3.17. The Labute approximate surface area is 114 Å². The van der Waals surface area contributed by atoms with Crippen LogP contribution in [0.25, 0.3) is 0 Å². The van der Waals surface area contributed by atoms with Gasteiger partial charge in [-0.25, -0.2) is 14.0 Å². The second-order valence-electron chi connectivity index (χ2n) is 4.39. The number of amides is 2. The average molecular weight is 277 g/mol. The minimum atomic E-state index is -1.07. The molecule has 1 atom stereocenters. The highest BCUT2D eigenvalue weighted by Crippen LogP contribution is 2.22. The molecule has 1 aromatic carbocycles. The Bertz CT molecular complexity index is 597. The summed E-state index contributed by atoms with van der Waals surface area (Å²) in [6, 6.07) is 4.02. The van der Waals surface area contributed by atoms with Gasteiger partial charge in [0.2, 0.25) is 0 Å². The molecular weight excluding hydrogens is 265 g/mol. The SMILES string of the molecule is N#Cc1c(F)cccc1NC(=O)N1CCC[C@H]1C(=O)O. The minimum absolute atomic E-state index is 0.0357. The monoisotopic (exact) mass is 277 g/mol. The number of hydrogen-bond donors (Lipinski definition) is 2. The number of carboxylic acids is 1. The van der Waals surface area contributed by atoms with Crippen molar-refractivity contribution in [3.05, 3.63) is 29.6 Å². The van der Waals surface area contributed by atoms with Crippen molar-refractivity contribution in [2.75, 3.05) is 11.9 Å². The zero-order valence-corrected chi connectivity index (χ0v) is 10.5. The second kappa shape index (κ2) is 5.57. The van der Waals surface area contributed by atoms with E-state index in [9.17, 15) is 14.0 Å². The third kappa shape index (κ3) is 2.54. The molecule has 20 heavy (non-hydrogen) atoms. The molecule has 1 aliphatic rings. The average Bonchev–Trinajstić information content (AvgIpc) is 2.88. The Morgan fingerprint density at radius 3 is 2.90 bits per heavy atom. The lowest BCUT2D eigenvalue weighted by Crippen LogP contribution is -2.42. The lowest BCUT2D eigenvalue weighted by molar-refractivity contribution is -0.141. The number of anilines is 1. The molecule has 0 unspecified atom stereocenters. The summed E-state index contributed by atoms with van der Waals surface area (Å²) in [5.41, 5.74) is -0.236. The molecule has 1 aliphatic heterocycles. The number of nitriles is 1. The maximum absolute atomic E-state index is 13.4. The van der Waals surface area contributed by atoms with Gasteiger partial charge in [-0.05, 0) is 25.0 Å². The maximum atomic E-state index is 13.4. The number of nitrogens with zero attached hydrogens (tertiary/aromatic N) is 2. The Balaban J connectivity index is 2.19. The van der Waals surface area contributed by atoms with Gasteiger partial charge in [0, 0.05) is 6.54 Å². The first-order chi connectivity index (χ1) is 9.54. The van der Waals surface area contributed by atoms with Gasteiger partial charge in [0.25, 0.3) is 0 Å². The van der Waals surface area contributed by atoms with E-state index in [4.69, 9.17) is 10.4 Å². The van der Waals surface area contributed by atoms with Crippen molar-refractivity contribution in [1.82, 2.24) is 4.90 Å². The molecule has 0 aromatic heterocycles. The standard InChI is InChI=1S/C13H12FN3O3/c14-9-3-1-4-10(8(9)7-15)16-13(20)17-6-2-5-11(17)12(18)19/h1,3-4,11H,2,5-6H2,(H,16,20)(H,18,19)/t11-/m0/s1. The van der Waals surface area contributed by atoms with Crippen LogP contribution in [0, 0.1) is 17.1 Å². The predicted molar refractivity (Wildman–Crippen MR) is 67.5 cm³/mol. The quantitative estimate of drug-likeness (QED) is 0.861. The summed E-state index contributed by atoms with van der Waals surface area (Å²) in [4.78, 5) is 24.2. The molecule has 1 fully saturated rings. The molecule has 1 saturated heterocycles. The van der Waals surface area contributed by atoms with E-state index >= 15 is 0 Å². The molecule has 0 radical (unpaired) electrons. The molecule has 0 aliphatic carbocycles. The number of nitrogens with one attached hydrogen (secondary N) is 1. The topological polar surface area (TPSA) is 93.4 Å². The Morgan fingerprint density at radius 1 is 1.50 bits per heavy atom. The van der Waals surface area contributed by atoms with E-state index in [0.29, 0.717) is 19.4 Å². The minimum Gasteiger partial charge on any atom is -0.480 e. The summed E-state index contributed by atoms with van der Waals surface area (Å²) in [6.45, 7) is 0.319. The van der Waals surface area contributed by atoms with Crippen LogP contribution in [0.1, 0.15) is 18.4 Å². The number of hydrogen-bond acceptors (Lipinski definition) is 3. The smallest absolute Gasteiger partial charge is 0.326 e. The highest BCUT2D eigenvalue weighted by atomic mass is 19.1. The number of likely N-dealkylation sites (tertiary alicyclic amines) is 1. The lowest BCUT2D eigenvalue weighted by Gasteiger charge is -2.22. The van der Waals surface area contributed by atoms with Crippen LogP contribution in [0.2, 0.25) is 0 Å². The molecule has 0 spiro atoms. The fourth-order valence-corrected chi connectivity index (χ4v) is 2.20. The van der Waals surface area contributed by atoms with Crippen LogP contribution in [0.15, 0.2) is 18.2 Å². The highest BCUT2D eigenvalue weighted by Gasteiger charge is 2.34. The van der Waals surface area contributed by atoms with Crippen LogP contribution in [-0.2, 0) is 4.79 Å². The number of carbonyl (C=O) groups is 2. The van der Waals surface area contributed by atoms with Crippen molar-refractivity contribution < 1.29 is 19.1 Å². The molecule has 104 valence electrons. The number of rotatable bonds is 2. The van der Waals surface area contributed by atoms with Gasteiger partial charge in [-0.1, -0.05) is 6.07 Å². The van der Waals surface area contributed by atoms with Crippen LogP contribution in [0.3, 0.4) is 0 Å². The van der Waals surface area contributed by atoms with Crippen molar-refractivity contribution in [3.63, 3.8) is 0 Å². The molecular formula is C13H12FN3O3. The van der Waals surface area contributed by atoms with Gasteiger partial charge in [-0.2, -0.15) is 5.26 Å². The Hall–Kier alpha value is -2.62. The third-order valence-corrected chi connectivity index (χ3v) is 3.17. The molecule has 0 saturated carbocycles. The molecule has 1 aromatic rings. The number of benzene rings is 1. The molecule has 7 heteroatoms. The summed E-state index contributed by atoms with van der Waals surface area (Å²) in [5, 5.41) is 20.3. The lowest BCUT2D eigenvalue weighted by atomic mass is 10.2. The van der Waals surface area contributed by atoms with Crippen molar-refractivity contribution in [2.24, 2.45) is 0 Å². The summed E-state index contributed by atoms with van der Waals surface area (Å²) >= 11 is 0. The van der Waals surface area contributed by atoms with Gasteiger partial charge < -0.3 is 15.3 Å². The van der Waals surface area contributed by atoms with Gasteiger partial charge >= 0.3 is 12.0 Å². The van der Waals surface area contributed by atoms with Gasteiger partial charge in [-0.3, -0.25) is 0 Å². The van der Waals surface area contributed by atoms with E-state index in [1.54, 1.807) is 6.07 Å². The zero-order chi connectivity index (χ0) is 14.7. The fourth-order valence-electron chi connectivity index (χ4n) is 2.20. The zero-order valence-electron chi connectivity index (χ0n) is 10.5. The van der Waals surface area contributed by atoms with Crippen LogP contribution in [0.5, 0.6) is 0 Å². The van der Waals surface area contributed by atoms with Gasteiger partial charge in [-0.15, -0.1) is 0 Å². The predicted octanol–water partition coefficient (Wildman–Crippen LogP) is 1.78. The van der Waals surface area contributed by atoms with Crippen LogP contribution in [-0.4, -0.2) is 34.6 Å². The first-order valence-corrected chi connectivity index (χ1v) is 6.03. The summed E-state index contributed by atoms with van der Waals surface area (Å²) < 4.78 is 13.4. The summed E-state index contributed by atoms with van der Waals surface area (Å²) in [5.74, 6) is -1.81. The summed E-state index contributed by atoms with van der Waals surface area (Å²) in [6.07, 6.45) is 0.982. The number of carboxylic acid groups (broad SMARTS) is 1.